The van der Waals surface area contributed by atoms with E-state index in [1.807, 2.05) is 40.4 Å². The van der Waals surface area contributed by atoms with E-state index in [2.05, 4.69) is 20.6 Å². The third kappa shape index (κ3) is 5.89. The van der Waals surface area contributed by atoms with Crippen LogP contribution >= 0.6 is 23.1 Å². The number of fused-ring (bicyclic) bond motifs is 1. The lowest BCUT2D eigenvalue weighted by Gasteiger charge is -2.03. The van der Waals surface area contributed by atoms with Crippen LogP contribution in [0.15, 0.2) is 64.6 Å². The van der Waals surface area contributed by atoms with Gasteiger partial charge in [-0.2, -0.15) is 0 Å². The van der Waals surface area contributed by atoms with Crippen molar-refractivity contribution in [2.45, 2.75) is 17.3 Å². The number of carbonyl (C=O) groups excluding carboxylic acids is 2. The average Bonchev–Trinajstić information content (AvgIpc) is 3.39. The predicted molar refractivity (Wildman–Crippen MR) is 119 cm³/mol. The zero-order valence-electron chi connectivity index (χ0n) is 16.2. The van der Waals surface area contributed by atoms with Crippen molar-refractivity contribution in [2.75, 3.05) is 11.1 Å². The molecule has 3 aromatic heterocycles. The molecule has 158 valence electrons. The maximum Gasteiger partial charge on any atom is 0.234 e. The van der Waals surface area contributed by atoms with Gasteiger partial charge in [-0.1, -0.05) is 17.8 Å². The van der Waals surface area contributed by atoms with E-state index in [1.165, 1.54) is 47.4 Å². The summed E-state index contributed by atoms with van der Waals surface area (Å²) in [6.07, 6.45) is 3.94. The minimum Gasteiger partial charge on any atom is -0.350 e. The quantitative estimate of drug-likeness (QED) is 0.397. The van der Waals surface area contributed by atoms with Gasteiger partial charge < -0.3 is 15.0 Å². The molecule has 0 spiro atoms. The van der Waals surface area contributed by atoms with E-state index in [0.29, 0.717) is 22.3 Å². The fourth-order valence-corrected chi connectivity index (χ4v) is 4.43. The van der Waals surface area contributed by atoms with Gasteiger partial charge in [0.05, 0.1) is 30.1 Å². The fraction of sp³-hybridized carbons (Fsp3) is 0.143. The summed E-state index contributed by atoms with van der Waals surface area (Å²) in [4.78, 5) is 33.1. The molecule has 0 saturated heterocycles. The predicted octanol–water partition coefficient (Wildman–Crippen LogP) is 3.52. The molecule has 7 nitrogen and oxygen atoms in total. The number of rotatable bonds is 8. The molecule has 0 saturated carbocycles. The third-order valence-electron chi connectivity index (χ3n) is 4.21. The Labute approximate surface area is 185 Å². The Morgan fingerprint density at radius 2 is 1.90 bits per heavy atom. The minimum atomic E-state index is -0.356. The molecule has 4 aromatic rings. The van der Waals surface area contributed by atoms with E-state index >= 15 is 0 Å². The van der Waals surface area contributed by atoms with Gasteiger partial charge in [0.25, 0.3) is 0 Å². The van der Waals surface area contributed by atoms with E-state index < -0.39 is 0 Å². The Hall–Kier alpha value is -3.24. The highest BCUT2D eigenvalue weighted by Gasteiger charge is 2.11. The highest BCUT2D eigenvalue weighted by molar-refractivity contribution is 8.01. The summed E-state index contributed by atoms with van der Waals surface area (Å²) in [5.41, 5.74) is 2.80. The van der Waals surface area contributed by atoms with E-state index in [0.717, 1.165) is 11.3 Å². The summed E-state index contributed by atoms with van der Waals surface area (Å²) in [5.74, 6) is -0.540. The number of benzene rings is 1. The molecule has 0 unspecified atom stereocenters. The maximum atomic E-state index is 12.9. The van der Waals surface area contributed by atoms with Crippen molar-refractivity contribution < 1.29 is 14.0 Å². The van der Waals surface area contributed by atoms with Crippen molar-refractivity contribution >= 4 is 46.2 Å². The first-order chi connectivity index (χ1) is 15.0. The number of nitrogens with one attached hydrogen (secondary N) is 2. The lowest BCUT2D eigenvalue weighted by atomic mass is 10.3. The summed E-state index contributed by atoms with van der Waals surface area (Å²) in [6, 6.07) is 11.3. The van der Waals surface area contributed by atoms with E-state index in [9.17, 15) is 14.0 Å². The monoisotopic (exact) mass is 455 g/mol. The van der Waals surface area contributed by atoms with Crippen LogP contribution in [0.3, 0.4) is 0 Å². The average molecular weight is 456 g/mol. The summed E-state index contributed by atoms with van der Waals surface area (Å²) < 4.78 is 15.5. The van der Waals surface area contributed by atoms with Gasteiger partial charge in [0, 0.05) is 23.5 Å². The normalized spacial score (nSPS) is 10.9. The van der Waals surface area contributed by atoms with Crippen molar-refractivity contribution in [3.8, 4) is 0 Å². The van der Waals surface area contributed by atoms with Gasteiger partial charge in [-0.05, 0) is 36.4 Å². The molecule has 0 radical (unpaired) electrons. The van der Waals surface area contributed by atoms with E-state index in [4.69, 9.17) is 0 Å². The molecule has 2 N–H and O–H groups in total. The van der Waals surface area contributed by atoms with Crippen LogP contribution in [0, 0.1) is 5.82 Å². The molecule has 0 fully saturated rings. The lowest BCUT2D eigenvalue weighted by Crippen LogP contribution is -2.24. The van der Waals surface area contributed by atoms with Crippen LogP contribution in [0.5, 0.6) is 0 Å². The first-order valence-corrected chi connectivity index (χ1v) is 11.2. The van der Waals surface area contributed by atoms with Crippen molar-refractivity contribution in [1.29, 1.82) is 0 Å². The van der Waals surface area contributed by atoms with Gasteiger partial charge in [0.1, 0.15) is 11.5 Å². The number of hydrogen-bond acceptors (Lipinski definition) is 6. The van der Waals surface area contributed by atoms with Gasteiger partial charge >= 0.3 is 0 Å². The van der Waals surface area contributed by atoms with Crippen LogP contribution < -0.4 is 10.6 Å². The van der Waals surface area contributed by atoms with Gasteiger partial charge in [-0.25, -0.2) is 14.4 Å². The minimum absolute atomic E-state index is 0.145. The van der Waals surface area contributed by atoms with Gasteiger partial charge in [-0.15, -0.1) is 11.3 Å². The molecule has 0 aliphatic rings. The molecule has 2 amide bonds. The van der Waals surface area contributed by atoms with Crippen molar-refractivity contribution in [1.82, 2.24) is 19.7 Å². The van der Waals surface area contributed by atoms with Crippen molar-refractivity contribution in [2.24, 2.45) is 0 Å². The highest BCUT2D eigenvalue weighted by atomic mass is 32.2. The number of amides is 2. The SMILES string of the molecule is O=C(Cc1csc(SCC(=O)Nc2ccc(F)cc2)n1)NCc1cn2ccccc2n1. The molecule has 4 rings (SSSR count). The van der Waals surface area contributed by atoms with Crippen LogP contribution in [0.1, 0.15) is 11.4 Å². The maximum absolute atomic E-state index is 12.9. The first kappa shape index (κ1) is 21.0. The van der Waals surface area contributed by atoms with Crippen molar-refractivity contribution in [3.05, 3.63) is 77.4 Å². The third-order valence-corrected chi connectivity index (χ3v) is 6.28. The number of thioether (sulfide) groups is 1. The summed E-state index contributed by atoms with van der Waals surface area (Å²) in [7, 11) is 0. The van der Waals surface area contributed by atoms with Crippen molar-refractivity contribution in [3.63, 3.8) is 0 Å². The summed E-state index contributed by atoms with van der Waals surface area (Å²) >= 11 is 2.67. The molecule has 0 aliphatic carbocycles. The molecular formula is C21H18FN5O2S2. The van der Waals surface area contributed by atoms with Crippen LogP contribution in [0.4, 0.5) is 10.1 Å². The second kappa shape index (κ2) is 9.71. The Morgan fingerprint density at radius 3 is 2.71 bits per heavy atom. The molecule has 10 heteroatoms. The first-order valence-electron chi connectivity index (χ1n) is 9.37. The number of nitrogens with zero attached hydrogens (tertiary/aromatic N) is 3. The van der Waals surface area contributed by atoms with E-state index in [-0.39, 0.29) is 29.8 Å². The summed E-state index contributed by atoms with van der Waals surface area (Å²) in [5, 5.41) is 7.36. The molecule has 3 heterocycles. The Bertz CT molecular complexity index is 1170. The fourth-order valence-electron chi connectivity index (χ4n) is 2.78. The Kier molecular flexibility index (Phi) is 6.58. The number of halogens is 1. The van der Waals surface area contributed by atoms with Gasteiger partial charge in [0.15, 0.2) is 4.34 Å². The van der Waals surface area contributed by atoms with Gasteiger partial charge in [0.2, 0.25) is 11.8 Å². The number of hydrogen-bond donors (Lipinski definition) is 2. The number of thiazole rings is 1. The molecular weight excluding hydrogens is 437 g/mol. The highest BCUT2D eigenvalue weighted by Crippen LogP contribution is 2.23. The zero-order valence-corrected chi connectivity index (χ0v) is 17.9. The molecule has 0 bridgehead atoms. The topological polar surface area (TPSA) is 88.4 Å². The Morgan fingerprint density at radius 1 is 1.06 bits per heavy atom. The molecule has 0 atom stereocenters. The van der Waals surface area contributed by atoms with Crippen LogP contribution in [0.25, 0.3) is 5.65 Å². The molecule has 0 aliphatic heterocycles. The second-order valence-corrected chi connectivity index (χ2v) is 8.68. The summed E-state index contributed by atoms with van der Waals surface area (Å²) in [6.45, 7) is 0.343. The largest absolute Gasteiger partial charge is 0.350 e. The van der Waals surface area contributed by atoms with E-state index in [1.54, 1.807) is 0 Å². The molecule has 1 aromatic carbocycles. The van der Waals surface area contributed by atoms with Crippen LogP contribution in [0.2, 0.25) is 0 Å². The number of anilines is 1. The number of aromatic nitrogens is 3. The number of pyridine rings is 1. The van der Waals surface area contributed by atoms with Crippen LogP contribution in [-0.4, -0.2) is 31.9 Å². The lowest BCUT2D eigenvalue weighted by molar-refractivity contribution is -0.120. The molecule has 31 heavy (non-hydrogen) atoms. The standard InChI is InChI=1S/C21H18FN5O2S2/c22-14-4-6-15(7-5-14)25-20(29)13-31-21-26-16(12-30-21)9-19(28)23-10-17-11-27-8-2-1-3-18(27)24-17/h1-8,11-12H,9-10,13H2,(H,23,28)(H,25,29). The van der Waals surface area contributed by atoms with Crippen LogP contribution in [-0.2, 0) is 22.6 Å². The number of carbonyl (C=O) groups is 2. The van der Waals surface area contributed by atoms with Gasteiger partial charge in [-0.3, -0.25) is 9.59 Å². The smallest absolute Gasteiger partial charge is 0.234 e. The second-order valence-electron chi connectivity index (χ2n) is 6.60. The zero-order chi connectivity index (χ0) is 21.6. The Balaban J connectivity index is 1.22. The number of imidazole rings is 1.